The molecule has 4 saturated carbocycles. The van der Waals surface area contributed by atoms with E-state index in [1.807, 2.05) is 73.8 Å². The van der Waals surface area contributed by atoms with Crippen LogP contribution in [-0.2, 0) is 29.5 Å². The van der Waals surface area contributed by atoms with Crippen LogP contribution in [0, 0.1) is 24.1 Å². The number of nitrogens with one attached hydrogen (secondary N) is 8. The van der Waals surface area contributed by atoms with Gasteiger partial charge in [-0.05, 0) is 112 Å². The predicted octanol–water partition coefficient (Wildman–Crippen LogP) is 16.0. The molecule has 97 heavy (non-hydrogen) atoms. The molecule has 10 N–H and O–H groups in total. The first kappa shape index (κ1) is 65.7. The highest BCUT2D eigenvalue weighted by molar-refractivity contribution is 7.90. The fraction of sp³-hybridized carbons (Fsp3) is 0.258. The van der Waals surface area contributed by atoms with E-state index in [4.69, 9.17) is 38.7 Å². The second kappa shape index (κ2) is 29.2. The summed E-state index contributed by atoms with van der Waals surface area (Å²) < 4.78 is 37.1. The van der Waals surface area contributed by atoms with E-state index in [0.29, 0.717) is 98.1 Å². The van der Waals surface area contributed by atoms with Gasteiger partial charge in [0, 0.05) is 120 Å². The van der Waals surface area contributed by atoms with Crippen LogP contribution < -0.4 is 21.3 Å². The predicted molar refractivity (Wildman–Crippen MR) is 385 cm³/mol. The molecule has 0 amide bonds. The molecule has 0 aliphatic heterocycles. The van der Waals surface area contributed by atoms with Crippen molar-refractivity contribution in [3.8, 4) is 50.2 Å². The molecule has 0 saturated heterocycles. The number of benzene rings is 2. The lowest BCUT2D eigenvalue weighted by Gasteiger charge is -2.08. The first-order valence-electron chi connectivity index (χ1n) is 31.0. The van der Waals surface area contributed by atoms with Crippen LogP contribution in [-0.4, -0.2) is 106 Å². The molecule has 0 atom stereocenters. The third-order valence-corrected chi connectivity index (χ3v) is 19.6. The lowest BCUT2D eigenvalue weighted by atomic mass is 10.1. The molecule has 0 radical (unpaired) electrons. The summed E-state index contributed by atoms with van der Waals surface area (Å²) in [7, 11) is -3.24. The average molecular weight is 1410 g/mol. The zero-order valence-corrected chi connectivity index (χ0v) is 56.0. The molecule has 0 spiro atoms. The van der Waals surface area contributed by atoms with Gasteiger partial charge in [0.25, 0.3) is 0 Å². The van der Waals surface area contributed by atoms with Crippen molar-refractivity contribution in [3.05, 3.63) is 181 Å². The Morgan fingerprint density at radius 2 is 0.907 bits per heavy atom. The van der Waals surface area contributed by atoms with Crippen molar-refractivity contribution in [2.45, 2.75) is 106 Å². The quantitative estimate of drug-likeness (QED) is 0.0339. The van der Waals surface area contributed by atoms with Gasteiger partial charge in [-0.2, -0.15) is 25.7 Å². The first-order chi connectivity index (χ1) is 47.1. The highest BCUT2D eigenvalue weighted by Crippen LogP contribution is 2.43. The highest BCUT2D eigenvalue weighted by atomic mass is 35.5. The Kier molecular flexibility index (Phi) is 19.8. The molecular formula is C66H76Cl2FN21O4S3. The third kappa shape index (κ3) is 17.0. The number of nitrogens with zero attached hydrogens (tertiary/aromatic N) is 13. The Labute approximate surface area is 583 Å². The van der Waals surface area contributed by atoms with E-state index in [1.165, 1.54) is 104 Å². The van der Waals surface area contributed by atoms with Crippen LogP contribution in [0.25, 0.3) is 44.2 Å². The van der Waals surface area contributed by atoms with Crippen LogP contribution >= 0.6 is 45.9 Å². The van der Waals surface area contributed by atoms with Gasteiger partial charge in [-0.25, -0.2) is 52.7 Å². The van der Waals surface area contributed by atoms with Gasteiger partial charge in [0.2, 0.25) is 0 Å². The molecule has 2 aromatic carbocycles. The van der Waals surface area contributed by atoms with E-state index in [9.17, 15) is 12.8 Å². The number of anilines is 8. The van der Waals surface area contributed by atoms with Crippen LogP contribution in [0.4, 0.5) is 50.9 Å². The lowest BCUT2D eigenvalue weighted by Crippen LogP contribution is -2.00. The summed E-state index contributed by atoms with van der Waals surface area (Å²) in [6.45, 7) is 1.95. The molecule has 31 heteroatoms. The fourth-order valence-electron chi connectivity index (χ4n) is 9.83. The fourth-order valence-corrected chi connectivity index (χ4v) is 12.4. The van der Waals surface area contributed by atoms with Crippen LogP contribution in [0.15, 0.2) is 127 Å². The number of hydrogen-bond donors (Lipinski definition) is 10. The van der Waals surface area contributed by atoms with Gasteiger partial charge in [-0.15, -0.1) is 22.7 Å². The largest absolute Gasteiger partial charge is 0.391 e. The van der Waals surface area contributed by atoms with Gasteiger partial charge >= 0.3 is 0 Å². The SMILES string of the molecule is CS(=O)(=O)c1ccc(-c2ncc(Cl)c(Nc3cc(C4CC4)[nH]n3)n2)cc1.Cc1cnc(-c2ccc(CC#N)cc2)nc1Nc1cc(C2CC2)[nH]n1.OCc1ccc(-c2ncc(Cl)c(Nc3cc(C4CC4)[nH]n3)n2)s1.OCc1ccc(-c2ncc(F)c(Nc3cc(C4CC4)[nH]n3)n2)s1.[HH].[HH].[HH].[HH].[HH].[HH].[HH]. The van der Waals surface area contributed by atoms with Crippen molar-refractivity contribution in [3.63, 3.8) is 0 Å². The summed E-state index contributed by atoms with van der Waals surface area (Å²) in [5.74, 6) is 8.35. The lowest BCUT2D eigenvalue weighted by molar-refractivity contribution is 0.285. The topological polar surface area (TPSA) is 364 Å². The third-order valence-electron chi connectivity index (χ3n) is 15.8. The number of aryl methyl sites for hydroxylation is 1. The summed E-state index contributed by atoms with van der Waals surface area (Å²) in [5, 5.41) is 69.3. The Morgan fingerprint density at radius 3 is 1.32 bits per heavy atom. The smallest absolute Gasteiger partial charge is 0.184 e. The van der Waals surface area contributed by atoms with Crippen LogP contribution in [0.5, 0.6) is 0 Å². The second-order valence-corrected chi connectivity index (χ2v) is 28.7. The number of hydrogen-bond acceptors (Lipinski definition) is 23. The van der Waals surface area contributed by atoms with E-state index in [2.05, 4.69) is 114 Å². The number of nitriles is 1. The molecular weight excluding hydrogens is 1340 g/mol. The molecule has 4 fully saturated rings. The number of aliphatic hydroxyl groups is 2. The van der Waals surface area contributed by atoms with Gasteiger partial charge in [0.05, 0.1) is 58.9 Å². The van der Waals surface area contributed by atoms with Gasteiger partial charge < -0.3 is 31.5 Å². The minimum atomic E-state index is -3.24. The van der Waals surface area contributed by atoms with Gasteiger partial charge in [-0.1, -0.05) is 47.5 Å². The molecule has 0 unspecified atom stereocenters. The molecule has 10 aromatic heterocycles. The number of H-pyrrole nitrogens is 4. The number of rotatable bonds is 20. The highest BCUT2D eigenvalue weighted by Gasteiger charge is 2.29. The number of aromatic nitrogens is 16. The zero-order chi connectivity index (χ0) is 67.2. The van der Waals surface area contributed by atoms with E-state index >= 15 is 0 Å². The Bertz CT molecular complexity index is 4800. The first-order valence-corrected chi connectivity index (χ1v) is 35.2. The van der Waals surface area contributed by atoms with Crippen molar-refractivity contribution in [1.29, 1.82) is 5.26 Å². The minimum absolute atomic E-state index is 0. The molecule has 4 aliphatic rings. The second-order valence-electron chi connectivity index (χ2n) is 23.5. The number of halogens is 3. The van der Waals surface area contributed by atoms with Crippen LogP contribution in [0.2, 0.25) is 10.0 Å². The molecule has 25 nitrogen and oxygen atoms in total. The standard InChI is InChI=1S/C19H18N6.C17H16ClN5O2S.C15H14ClN5OS.C15H14FN5OS.7H2/c1-12-11-21-19(15-4-2-13(3-5-15)8-9-20)23-18(12)22-17-10-16(24-25-17)14-6-7-14;1-26(24,25)12-6-4-11(5-7-12)16-19-9-13(18)17(21-16)20-15-8-14(22-23-15)10-2-3-10;2*16-10-6-17-15(12-4-3-9(7-22)23-12)19-14(10)18-13-5-11(20-21-13)8-1-2-8;;;;;;;/h2-5,10-11,14H,6-8H2,1H3,(H2,21,22,23,24,25);4-10H,2-3H2,1H3,(H2,19,20,21,22,23);2*3-6,8,22H,1-2,7H2,(H2,17,18,19,20,21);7*1H. The summed E-state index contributed by atoms with van der Waals surface area (Å²) in [6.07, 6.45) is 17.2. The maximum absolute atomic E-state index is 14.0. The van der Waals surface area contributed by atoms with Gasteiger partial charge in [-0.3, -0.25) is 20.4 Å². The number of sulfone groups is 1. The van der Waals surface area contributed by atoms with E-state index in [-0.39, 0.29) is 33.9 Å². The van der Waals surface area contributed by atoms with Crippen molar-refractivity contribution in [1.82, 2.24) is 80.7 Å². The van der Waals surface area contributed by atoms with Gasteiger partial charge in [0.15, 0.2) is 79.7 Å². The maximum atomic E-state index is 14.0. The molecule has 10 heterocycles. The molecule has 508 valence electrons. The number of thiophene rings is 2. The summed E-state index contributed by atoms with van der Waals surface area (Å²) in [5.41, 5.74) is 8.05. The monoisotopic (exact) mass is 1410 g/mol. The van der Waals surface area contributed by atoms with Crippen molar-refractivity contribution in [2.75, 3.05) is 27.5 Å². The Morgan fingerprint density at radius 1 is 0.536 bits per heavy atom. The normalized spacial score (nSPS) is 14.0. The Balaban J connectivity index is 0.000000213. The average Bonchev–Trinajstić information content (AvgIpc) is 1.63. The molecule has 12 aromatic rings. The zero-order valence-electron chi connectivity index (χ0n) is 52.0. The maximum Gasteiger partial charge on any atom is 0.184 e. The number of aliphatic hydroxyl groups excluding tert-OH is 2. The molecule has 4 aliphatic carbocycles. The molecule has 16 rings (SSSR count). The number of aromatic amines is 4. The summed E-state index contributed by atoms with van der Waals surface area (Å²) >= 11 is 15.2. The summed E-state index contributed by atoms with van der Waals surface area (Å²) in [4.78, 5) is 38.3. The van der Waals surface area contributed by atoms with Crippen molar-refractivity contribution >= 4 is 102 Å². The van der Waals surface area contributed by atoms with Crippen molar-refractivity contribution in [2.24, 2.45) is 0 Å². The minimum Gasteiger partial charge on any atom is -0.391 e. The van der Waals surface area contributed by atoms with E-state index in [0.717, 1.165) is 71.1 Å². The summed E-state index contributed by atoms with van der Waals surface area (Å²) in [6, 6.07) is 31.6. The van der Waals surface area contributed by atoms with Crippen molar-refractivity contribution < 1.29 is 33.0 Å². The molecule has 0 bridgehead atoms. The van der Waals surface area contributed by atoms with E-state index < -0.39 is 15.7 Å². The van der Waals surface area contributed by atoms with Gasteiger partial charge in [0.1, 0.15) is 15.9 Å². The van der Waals surface area contributed by atoms with Crippen LogP contribution in [0.1, 0.15) is 129 Å². The Hall–Kier alpha value is -9.93. The van der Waals surface area contributed by atoms with E-state index in [1.54, 1.807) is 24.4 Å². The van der Waals surface area contributed by atoms with Crippen LogP contribution in [0.3, 0.4) is 0 Å².